The number of nitro benzene ring substituents is 2. The fourth-order valence-electron chi connectivity index (χ4n) is 4.36. The highest BCUT2D eigenvalue weighted by Gasteiger charge is 2.26. The molecule has 0 aliphatic rings. The Morgan fingerprint density at radius 1 is 0.538 bits per heavy atom. The minimum atomic E-state index is -5.23. The summed E-state index contributed by atoms with van der Waals surface area (Å²) < 4.78 is 68.5. The number of rotatable bonds is 10. The van der Waals surface area contributed by atoms with E-state index in [2.05, 4.69) is 30.7 Å². The van der Waals surface area contributed by atoms with Crippen molar-refractivity contribution in [2.24, 2.45) is 30.7 Å². The number of phenols is 4. The molecular formula is C28H18N8O14S2. The number of nitrogens with zero attached hydrogens (tertiary/aromatic N) is 8. The van der Waals surface area contributed by atoms with Crippen molar-refractivity contribution < 1.29 is 56.2 Å². The highest BCUT2D eigenvalue weighted by molar-refractivity contribution is 7.86. The lowest BCUT2D eigenvalue weighted by molar-refractivity contribution is -0.385. The first-order valence-corrected chi connectivity index (χ1v) is 16.5. The summed E-state index contributed by atoms with van der Waals surface area (Å²) in [4.78, 5) is 18.6. The van der Waals surface area contributed by atoms with E-state index in [1.165, 1.54) is 0 Å². The predicted molar refractivity (Wildman–Crippen MR) is 175 cm³/mol. The van der Waals surface area contributed by atoms with Gasteiger partial charge in [-0.25, -0.2) is 0 Å². The maximum absolute atomic E-state index is 12.3. The minimum absolute atomic E-state index is 0.0653. The maximum Gasteiger partial charge on any atom is 0.296 e. The topological polar surface area (TPSA) is 350 Å². The maximum atomic E-state index is 12.3. The van der Waals surface area contributed by atoms with Crippen LogP contribution in [0.3, 0.4) is 0 Å². The van der Waals surface area contributed by atoms with E-state index in [9.17, 15) is 66.6 Å². The van der Waals surface area contributed by atoms with Crippen LogP contribution in [0.25, 0.3) is 10.8 Å². The standard InChI is InChI=1S/C28H18N8O14S2/c37-21-7-5-16(36(43)44)11-19(21)31-33-25-22(38)8-6-18(27(25)39)30-32-20-12-17(51(45,46)47)9-13-10-23(52(48,49)50)26(28(40)24(13)20)34-29-14-1-3-15(4-2-14)35(41)42/h1-12,37-40H,(H,45,46,47)(H,48,49,50). The average Bonchev–Trinajstić information content (AvgIpc) is 3.07. The molecular weight excluding hydrogens is 736 g/mol. The lowest BCUT2D eigenvalue weighted by Crippen LogP contribution is -2.01. The van der Waals surface area contributed by atoms with Gasteiger partial charge in [-0.05, 0) is 53.9 Å². The van der Waals surface area contributed by atoms with Gasteiger partial charge in [-0.1, -0.05) is 0 Å². The van der Waals surface area contributed by atoms with Crippen molar-refractivity contribution >= 4 is 76.5 Å². The number of hydrogen-bond acceptors (Lipinski definition) is 18. The van der Waals surface area contributed by atoms with Gasteiger partial charge in [0.25, 0.3) is 31.6 Å². The molecule has 0 aromatic heterocycles. The molecule has 0 amide bonds. The molecule has 0 atom stereocenters. The van der Waals surface area contributed by atoms with E-state index in [1.54, 1.807) is 0 Å². The molecule has 0 aliphatic heterocycles. The highest BCUT2D eigenvalue weighted by atomic mass is 32.2. The van der Waals surface area contributed by atoms with Gasteiger partial charge >= 0.3 is 0 Å². The van der Waals surface area contributed by atoms with Crippen LogP contribution in [-0.2, 0) is 20.2 Å². The number of phenolic OH excluding ortho intramolecular Hbond substituents is 4. The number of nitro groups is 2. The fourth-order valence-corrected chi connectivity index (χ4v) is 5.56. The molecule has 52 heavy (non-hydrogen) atoms. The van der Waals surface area contributed by atoms with Gasteiger partial charge in [-0.3, -0.25) is 29.3 Å². The Morgan fingerprint density at radius 2 is 1.12 bits per heavy atom. The van der Waals surface area contributed by atoms with Crippen LogP contribution in [0.5, 0.6) is 23.0 Å². The van der Waals surface area contributed by atoms with Gasteiger partial charge in [0.1, 0.15) is 33.5 Å². The highest BCUT2D eigenvalue weighted by Crippen LogP contribution is 2.48. The largest absolute Gasteiger partial charge is 0.506 e. The van der Waals surface area contributed by atoms with Crippen molar-refractivity contribution in [3.63, 3.8) is 0 Å². The van der Waals surface area contributed by atoms with Crippen molar-refractivity contribution in [3.05, 3.63) is 93.0 Å². The first-order valence-electron chi connectivity index (χ1n) is 13.7. The van der Waals surface area contributed by atoms with Crippen molar-refractivity contribution in [2.75, 3.05) is 0 Å². The van der Waals surface area contributed by atoms with Crippen molar-refractivity contribution in [3.8, 4) is 23.0 Å². The molecule has 24 heteroatoms. The zero-order valence-electron chi connectivity index (χ0n) is 25.3. The molecule has 5 rings (SSSR count). The molecule has 0 heterocycles. The molecule has 0 unspecified atom stereocenters. The summed E-state index contributed by atoms with van der Waals surface area (Å²) in [6, 6.07) is 11.2. The molecule has 266 valence electrons. The molecule has 0 saturated heterocycles. The molecule has 22 nitrogen and oxygen atoms in total. The number of azo groups is 3. The van der Waals surface area contributed by atoms with Crippen LogP contribution < -0.4 is 0 Å². The van der Waals surface area contributed by atoms with Crippen molar-refractivity contribution in [1.29, 1.82) is 0 Å². The van der Waals surface area contributed by atoms with Crippen LogP contribution in [0.15, 0.2) is 113 Å². The molecule has 5 aromatic carbocycles. The fraction of sp³-hybridized carbons (Fsp3) is 0. The van der Waals surface area contributed by atoms with Crippen LogP contribution in [0.4, 0.5) is 45.5 Å². The zero-order chi connectivity index (χ0) is 38.1. The summed E-state index contributed by atoms with van der Waals surface area (Å²) >= 11 is 0. The Kier molecular flexibility index (Phi) is 9.56. The predicted octanol–water partition coefficient (Wildman–Crippen LogP) is 7.22. The van der Waals surface area contributed by atoms with Crippen LogP contribution in [0.1, 0.15) is 0 Å². The van der Waals surface area contributed by atoms with Gasteiger partial charge < -0.3 is 20.4 Å². The van der Waals surface area contributed by atoms with E-state index in [-0.39, 0.29) is 11.4 Å². The van der Waals surface area contributed by atoms with Crippen molar-refractivity contribution in [2.45, 2.75) is 9.79 Å². The summed E-state index contributed by atoms with van der Waals surface area (Å²) in [7, 11) is -10.3. The molecule has 0 fully saturated rings. The molecule has 0 saturated carbocycles. The molecule has 0 bridgehead atoms. The number of fused-ring (bicyclic) bond motifs is 1. The second-order valence-electron chi connectivity index (χ2n) is 10.2. The lowest BCUT2D eigenvalue weighted by Gasteiger charge is -2.12. The Bertz CT molecular complexity index is 2630. The Balaban J connectivity index is 1.67. The van der Waals surface area contributed by atoms with E-state index in [4.69, 9.17) is 0 Å². The van der Waals surface area contributed by atoms with Crippen LogP contribution in [0, 0.1) is 20.2 Å². The second kappa shape index (κ2) is 13.7. The van der Waals surface area contributed by atoms with E-state index in [0.29, 0.717) is 12.1 Å². The number of benzene rings is 5. The number of hydrogen-bond donors (Lipinski definition) is 6. The normalized spacial score (nSPS) is 12.3. The van der Waals surface area contributed by atoms with Gasteiger partial charge in [0.05, 0.1) is 31.5 Å². The Hall–Kier alpha value is -7.02. The van der Waals surface area contributed by atoms with E-state index < -0.39 is 108 Å². The summed E-state index contributed by atoms with van der Waals surface area (Å²) in [5.41, 5.74) is -3.94. The Morgan fingerprint density at radius 3 is 1.73 bits per heavy atom. The first kappa shape index (κ1) is 36.3. The Labute approximate surface area is 288 Å². The minimum Gasteiger partial charge on any atom is -0.506 e. The summed E-state index contributed by atoms with van der Waals surface area (Å²) in [5.74, 6) is -3.21. The zero-order valence-corrected chi connectivity index (χ0v) is 26.9. The summed E-state index contributed by atoms with van der Waals surface area (Å²) in [6.45, 7) is 0. The van der Waals surface area contributed by atoms with E-state index >= 15 is 0 Å². The number of aromatic hydroxyl groups is 4. The third kappa shape index (κ3) is 7.58. The van der Waals surface area contributed by atoms with Crippen LogP contribution >= 0.6 is 0 Å². The third-order valence-electron chi connectivity index (χ3n) is 6.81. The molecule has 0 aliphatic carbocycles. The lowest BCUT2D eigenvalue weighted by atomic mass is 10.1. The van der Waals surface area contributed by atoms with Gasteiger partial charge in [-0.2, -0.15) is 21.9 Å². The first-order chi connectivity index (χ1) is 24.3. The monoisotopic (exact) mass is 754 g/mol. The SMILES string of the molecule is O=[N+]([O-])c1ccc(N=Nc2c(S(=O)(=O)O)cc3cc(S(=O)(=O)O)cc(N=Nc4ccc(O)c(N=Nc5cc([N+](=O)[O-])ccc5O)c4O)c3c2O)cc1. The average molecular weight is 755 g/mol. The quantitative estimate of drug-likeness (QED) is 0.0355. The second-order valence-corrected chi connectivity index (χ2v) is 13.0. The molecule has 6 N–H and O–H groups in total. The molecule has 0 spiro atoms. The van der Waals surface area contributed by atoms with Crippen molar-refractivity contribution in [1.82, 2.24) is 0 Å². The molecule has 5 aromatic rings. The van der Waals surface area contributed by atoms with E-state index in [1.807, 2.05) is 0 Å². The molecule has 0 radical (unpaired) electrons. The smallest absolute Gasteiger partial charge is 0.296 e. The van der Waals surface area contributed by atoms with E-state index in [0.717, 1.165) is 60.7 Å². The van der Waals surface area contributed by atoms with Crippen LogP contribution in [-0.4, -0.2) is 56.2 Å². The van der Waals surface area contributed by atoms with Gasteiger partial charge in [0, 0.05) is 24.3 Å². The third-order valence-corrected chi connectivity index (χ3v) is 8.50. The summed E-state index contributed by atoms with van der Waals surface area (Å²) in [6.07, 6.45) is 0. The number of non-ortho nitro benzene ring substituents is 2. The van der Waals surface area contributed by atoms with Gasteiger partial charge in [0.2, 0.25) is 0 Å². The van der Waals surface area contributed by atoms with Gasteiger partial charge in [-0.15, -0.1) is 25.6 Å². The van der Waals surface area contributed by atoms with Crippen LogP contribution in [0.2, 0.25) is 0 Å². The van der Waals surface area contributed by atoms with Gasteiger partial charge in [0.15, 0.2) is 17.2 Å². The summed E-state index contributed by atoms with van der Waals surface area (Å²) in [5, 5.41) is 85.7.